The number of ether oxygens (including phenoxy) is 1. The summed E-state index contributed by atoms with van der Waals surface area (Å²) in [4.78, 5) is 28.1. The zero-order valence-corrected chi connectivity index (χ0v) is 14.5. The van der Waals surface area contributed by atoms with Crippen LogP contribution in [0, 0.1) is 0 Å². The van der Waals surface area contributed by atoms with Crippen molar-refractivity contribution in [1.29, 1.82) is 0 Å². The number of carbonyl (C=O) groups excluding carboxylic acids is 2. The van der Waals surface area contributed by atoms with Crippen molar-refractivity contribution in [2.24, 2.45) is 0 Å². The molecule has 1 aromatic heterocycles. The van der Waals surface area contributed by atoms with E-state index in [0.717, 1.165) is 18.4 Å². The van der Waals surface area contributed by atoms with Gasteiger partial charge in [0.2, 0.25) is 11.8 Å². The van der Waals surface area contributed by atoms with Gasteiger partial charge in [-0.05, 0) is 18.4 Å². The summed E-state index contributed by atoms with van der Waals surface area (Å²) in [6.45, 7) is 0.282. The van der Waals surface area contributed by atoms with Crippen molar-refractivity contribution in [3.05, 3.63) is 48.0 Å². The first-order valence-electron chi connectivity index (χ1n) is 8.56. The first-order valence-corrected chi connectivity index (χ1v) is 8.56. The van der Waals surface area contributed by atoms with Gasteiger partial charge in [0.1, 0.15) is 6.61 Å². The van der Waals surface area contributed by atoms with Gasteiger partial charge < -0.3 is 19.8 Å². The molecule has 2 rings (SSSR count). The first kappa shape index (κ1) is 19.4. The first-order chi connectivity index (χ1) is 12.6. The second-order valence-corrected chi connectivity index (χ2v) is 5.87. The molecule has 7 heteroatoms. The monoisotopic (exact) mass is 361 g/mol. The van der Waals surface area contributed by atoms with Crippen molar-refractivity contribution in [3.63, 3.8) is 0 Å². The summed E-state index contributed by atoms with van der Waals surface area (Å²) in [5, 5.41) is 18.7. The van der Waals surface area contributed by atoms with E-state index in [9.17, 15) is 19.8 Å². The molecule has 1 heterocycles. The van der Waals surface area contributed by atoms with Crippen molar-refractivity contribution in [2.75, 3.05) is 0 Å². The minimum atomic E-state index is -0.547. The van der Waals surface area contributed by atoms with E-state index in [1.54, 1.807) is 0 Å². The van der Waals surface area contributed by atoms with E-state index in [1.165, 1.54) is 12.1 Å². The lowest BCUT2D eigenvalue weighted by Crippen LogP contribution is -2.18. The zero-order chi connectivity index (χ0) is 18.8. The molecule has 140 valence electrons. The van der Waals surface area contributed by atoms with Crippen LogP contribution < -0.4 is 4.84 Å². The number of aromatic hydroxyl groups is 2. The van der Waals surface area contributed by atoms with E-state index in [2.05, 4.69) is 0 Å². The highest BCUT2D eigenvalue weighted by Crippen LogP contribution is 2.19. The smallest absolute Gasteiger partial charge is 0.333 e. The Morgan fingerprint density at radius 2 is 1.38 bits per heavy atom. The molecule has 0 saturated carbocycles. The van der Waals surface area contributed by atoms with Gasteiger partial charge in [0, 0.05) is 25.0 Å². The fourth-order valence-corrected chi connectivity index (χ4v) is 2.35. The van der Waals surface area contributed by atoms with Gasteiger partial charge in [0.05, 0.1) is 0 Å². The van der Waals surface area contributed by atoms with E-state index in [0.29, 0.717) is 24.0 Å². The van der Waals surface area contributed by atoms with Crippen LogP contribution in [0.1, 0.15) is 44.1 Å². The predicted octanol–water partition coefficient (Wildman–Crippen LogP) is 2.94. The molecule has 0 amide bonds. The molecule has 2 aromatic rings. The van der Waals surface area contributed by atoms with Gasteiger partial charge in [-0.15, -0.1) is 4.73 Å². The average molecular weight is 361 g/mol. The van der Waals surface area contributed by atoms with Gasteiger partial charge in [-0.2, -0.15) is 0 Å². The number of aromatic nitrogens is 1. The Balaban J connectivity index is 1.51. The van der Waals surface area contributed by atoms with Crippen molar-refractivity contribution < 1.29 is 29.4 Å². The molecule has 2 N–H and O–H groups in total. The van der Waals surface area contributed by atoms with Crippen molar-refractivity contribution in [1.82, 2.24) is 4.73 Å². The fourth-order valence-electron chi connectivity index (χ4n) is 2.35. The maximum atomic E-state index is 11.7. The van der Waals surface area contributed by atoms with Crippen LogP contribution in [0.25, 0.3) is 0 Å². The maximum absolute atomic E-state index is 11.7. The molecule has 26 heavy (non-hydrogen) atoms. The largest absolute Gasteiger partial charge is 0.492 e. The lowest BCUT2D eigenvalue weighted by atomic mass is 10.1. The van der Waals surface area contributed by atoms with Gasteiger partial charge in [0.15, 0.2) is 0 Å². The molecule has 1 aromatic carbocycles. The highest BCUT2D eigenvalue weighted by Gasteiger charge is 2.11. The molecular weight excluding hydrogens is 338 g/mol. The van der Waals surface area contributed by atoms with E-state index in [-0.39, 0.29) is 30.8 Å². The van der Waals surface area contributed by atoms with Crippen LogP contribution in [0.3, 0.4) is 0 Å². The van der Waals surface area contributed by atoms with E-state index in [1.807, 2.05) is 30.3 Å². The van der Waals surface area contributed by atoms with Gasteiger partial charge in [0.25, 0.3) is 0 Å². The number of rotatable bonds is 10. The van der Waals surface area contributed by atoms with Gasteiger partial charge >= 0.3 is 11.9 Å². The maximum Gasteiger partial charge on any atom is 0.333 e. The summed E-state index contributed by atoms with van der Waals surface area (Å²) in [6, 6.07) is 11.9. The van der Waals surface area contributed by atoms with Crippen molar-refractivity contribution in [3.8, 4) is 11.8 Å². The minimum absolute atomic E-state index is 0.162. The molecule has 0 spiro atoms. The molecule has 0 radical (unpaired) electrons. The van der Waals surface area contributed by atoms with Crippen LogP contribution in [0.5, 0.6) is 11.8 Å². The van der Waals surface area contributed by atoms with Crippen LogP contribution in [0.4, 0.5) is 0 Å². The molecule has 0 aliphatic rings. The molecule has 0 bridgehead atoms. The molecule has 7 nitrogen and oxygen atoms in total. The van der Waals surface area contributed by atoms with Crippen molar-refractivity contribution >= 4 is 11.9 Å². The standard InChI is InChI=1S/C19H23NO6/c21-16-12-13-17(22)20(16)26-19(24)11-7-2-1-6-10-18(23)25-14-15-8-4-3-5-9-15/h3-5,8-9,12-13,21-22H,1-2,6-7,10-11,14H2. The van der Waals surface area contributed by atoms with Gasteiger partial charge in [-0.1, -0.05) is 43.2 Å². The predicted molar refractivity (Wildman–Crippen MR) is 93.3 cm³/mol. The Bertz CT molecular complexity index is 691. The third-order valence-electron chi connectivity index (χ3n) is 3.75. The van der Waals surface area contributed by atoms with Crippen LogP contribution >= 0.6 is 0 Å². The summed E-state index contributed by atoms with van der Waals surface area (Å²) < 4.78 is 5.86. The second kappa shape index (κ2) is 10.1. The number of carbonyl (C=O) groups is 2. The minimum Gasteiger partial charge on any atom is -0.492 e. The van der Waals surface area contributed by atoms with Gasteiger partial charge in [-0.3, -0.25) is 4.79 Å². The molecule has 0 atom stereocenters. The van der Waals surface area contributed by atoms with E-state index < -0.39 is 5.97 Å². The Morgan fingerprint density at radius 3 is 2.00 bits per heavy atom. The molecule has 0 aliphatic carbocycles. The Morgan fingerprint density at radius 1 is 0.808 bits per heavy atom. The Labute approximate surface area is 151 Å². The van der Waals surface area contributed by atoms with Crippen LogP contribution in [-0.4, -0.2) is 26.9 Å². The summed E-state index contributed by atoms with van der Waals surface area (Å²) in [5.41, 5.74) is 0.958. The number of nitrogens with zero attached hydrogens (tertiary/aromatic N) is 1. The van der Waals surface area contributed by atoms with Crippen LogP contribution in [0.15, 0.2) is 42.5 Å². The lowest BCUT2D eigenvalue weighted by Gasteiger charge is -2.07. The molecule has 0 saturated heterocycles. The number of hydrogen-bond donors (Lipinski definition) is 2. The third kappa shape index (κ3) is 6.51. The summed E-state index contributed by atoms with van der Waals surface area (Å²) in [6.07, 6.45) is 3.37. The SMILES string of the molecule is O=C(CCCCCCC(=O)On1c(O)ccc1O)OCc1ccccc1. The lowest BCUT2D eigenvalue weighted by molar-refractivity contribution is -0.146. The molecule has 0 unspecified atom stereocenters. The summed E-state index contributed by atoms with van der Waals surface area (Å²) >= 11 is 0. The number of unbranched alkanes of at least 4 members (excludes halogenated alkanes) is 3. The Kier molecular flexibility index (Phi) is 7.54. The van der Waals surface area contributed by atoms with E-state index in [4.69, 9.17) is 9.57 Å². The molecule has 0 fully saturated rings. The number of hydrogen-bond acceptors (Lipinski definition) is 6. The number of benzene rings is 1. The van der Waals surface area contributed by atoms with E-state index >= 15 is 0 Å². The Hall–Kier alpha value is -2.96. The zero-order valence-electron chi connectivity index (χ0n) is 14.5. The molecule has 0 aliphatic heterocycles. The van der Waals surface area contributed by atoms with Crippen molar-refractivity contribution in [2.45, 2.75) is 45.1 Å². The van der Waals surface area contributed by atoms with Crippen LogP contribution in [0.2, 0.25) is 0 Å². The highest BCUT2D eigenvalue weighted by molar-refractivity contribution is 5.70. The third-order valence-corrected chi connectivity index (χ3v) is 3.75. The summed E-state index contributed by atoms with van der Waals surface area (Å²) in [7, 11) is 0. The average Bonchev–Trinajstić information content (AvgIpc) is 2.95. The highest BCUT2D eigenvalue weighted by atomic mass is 16.7. The normalized spacial score (nSPS) is 10.5. The molecular formula is C19H23NO6. The second-order valence-electron chi connectivity index (χ2n) is 5.87. The van der Waals surface area contributed by atoms with Crippen LogP contribution in [-0.2, 0) is 20.9 Å². The topological polar surface area (TPSA) is 98.0 Å². The fraction of sp³-hybridized carbons (Fsp3) is 0.368. The quantitative estimate of drug-likeness (QED) is 0.499. The van der Waals surface area contributed by atoms with Gasteiger partial charge in [-0.25, -0.2) is 4.79 Å². The number of esters is 1. The summed E-state index contributed by atoms with van der Waals surface area (Å²) in [5.74, 6) is -1.46.